The molecule has 0 saturated heterocycles. The first kappa shape index (κ1) is 14.0. The Balaban J connectivity index is 2.18. The molecule has 0 aliphatic carbocycles. The van der Waals surface area contributed by atoms with E-state index in [0.717, 1.165) is 12.1 Å². The smallest absolute Gasteiger partial charge is 0.333 e. The van der Waals surface area contributed by atoms with Crippen molar-refractivity contribution in [3.8, 4) is 5.75 Å². The van der Waals surface area contributed by atoms with Crippen molar-refractivity contribution in [1.82, 2.24) is 9.55 Å². The molecule has 7 heteroatoms. The van der Waals surface area contributed by atoms with Crippen molar-refractivity contribution in [3.05, 3.63) is 48.6 Å². The lowest BCUT2D eigenvalue weighted by molar-refractivity contribution is -0.148. The van der Waals surface area contributed by atoms with Crippen molar-refractivity contribution >= 4 is 5.97 Å². The van der Waals surface area contributed by atoms with Gasteiger partial charge >= 0.3 is 5.97 Å². The Morgan fingerprint density at radius 3 is 2.75 bits per heavy atom. The summed E-state index contributed by atoms with van der Waals surface area (Å²) in [6, 6.07) is 3.01. The molecule has 0 fully saturated rings. The van der Waals surface area contributed by atoms with Gasteiger partial charge < -0.3 is 14.4 Å². The highest BCUT2D eigenvalue weighted by Crippen LogP contribution is 2.21. The first-order valence-electron chi connectivity index (χ1n) is 5.73. The number of carboxylic acids is 1. The number of hydrogen-bond acceptors (Lipinski definition) is 3. The van der Waals surface area contributed by atoms with Crippen LogP contribution in [-0.4, -0.2) is 27.2 Å². The highest BCUT2D eigenvalue weighted by atomic mass is 19.2. The first-order valence-corrected chi connectivity index (χ1v) is 5.73. The lowest BCUT2D eigenvalue weighted by Crippen LogP contribution is -2.43. The molecule has 0 spiro atoms. The molecule has 1 atom stereocenters. The molecule has 0 aliphatic heterocycles. The summed E-state index contributed by atoms with van der Waals surface area (Å²) < 4.78 is 32.5. The Kier molecular flexibility index (Phi) is 3.69. The quantitative estimate of drug-likeness (QED) is 0.911. The number of benzene rings is 1. The molecule has 5 nitrogen and oxygen atoms in total. The Bertz CT molecular complexity index is 616. The number of halogens is 2. The normalized spacial score (nSPS) is 13.8. The molecule has 1 aromatic heterocycles. The van der Waals surface area contributed by atoms with Crippen LogP contribution in [0.2, 0.25) is 0 Å². The van der Waals surface area contributed by atoms with Crippen molar-refractivity contribution < 1.29 is 23.4 Å². The number of carboxylic acid groups (broad SMARTS) is 1. The number of nitrogens with zero attached hydrogens (tertiary/aromatic N) is 2. The largest absolute Gasteiger partial charge is 0.490 e. The van der Waals surface area contributed by atoms with Crippen LogP contribution < -0.4 is 4.74 Å². The molecule has 0 bridgehead atoms. The number of rotatable bonds is 5. The molecular weight excluding hydrogens is 270 g/mol. The standard InChI is InChI=1S/C13H12F2N2O3/c1-13(12(18)19,17-5-4-16-8-17)7-20-9-2-3-10(14)11(15)6-9/h2-6,8H,7H2,1H3,(H,18,19). The summed E-state index contributed by atoms with van der Waals surface area (Å²) >= 11 is 0. The topological polar surface area (TPSA) is 64.3 Å². The zero-order chi connectivity index (χ0) is 14.8. The van der Waals surface area contributed by atoms with Gasteiger partial charge in [-0.25, -0.2) is 18.6 Å². The zero-order valence-corrected chi connectivity index (χ0v) is 10.6. The fourth-order valence-electron chi connectivity index (χ4n) is 1.59. The van der Waals surface area contributed by atoms with E-state index in [0.29, 0.717) is 0 Å². The van der Waals surface area contributed by atoms with E-state index in [4.69, 9.17) is 4.74 Å². The molecule has 2 rings (SSSR count). The van der Waals surface area contributed by atoms with E-state index < -0.39 is 23.1 Å². The second kappa shape index (κ2) is 5.28. The van der Waals surface area contributed by atoms with Crippen LogP contribution in [0.15, 0.2) is 36.9 Å². The van der Waals surface area contributed by atoms with Crippen LogP contribution in [0.4, 0.5) is 8.78 Å². The van der Waals surface area contributed by atoms with E-state index >= 15 is 0 Å². The third-order valence-corrected chi connectivity index (χ3v) is 2.95. The SMILES string of the molecule is CC(COc1ccc(F)c(F)c1)(C(=O)O)n1ccnc1. The Hall–Kier alpha value is -2.44. The first-order chi connectivity index (χ1) is 9.43. The zero-order valence-electron chi connectivity index (χ0n) is 10.6. The maximum absolute atomic E-state index is 13.0. The molecule has 0 aliphatic rings. The molecule has 20 heavy (non-hydrogen) atoms. The number of imidazole rings is 1. The molecule has 0 saturated carbocycles. The van der Waals surface area contributed by atoms with Gasteiger partial charge in [-0.3, -0.25) is 0 Å². The second-order valence-electron chi connectivity index (χ2n) is 4.41. The number of carbonyl (C=O) groups is 1. The summed E-state index contributed by atoms with van der Waals surface area (Å²) in [6.45, 7) is 1.18. The van der Waals surface area contributed by atoms with Gasteiger partial charge in [-0.05, 0) is 19.1 Å². The predicted molar refractivity (Wildman–Crippen MR) is 65.4 cm³/mol. The monoisotopic (exact) mass is 282 g/mol. The highest BCUT2D eigenvalue weighted by molar-refractivity contribution is 5.76. The van der Waals surface area contributed by atoms with Crippen LogP contribution in [-0.2, 0) is 10.3 Å². The number of hydrogen-bond donors (Lipinski definition) is 1. The minimum atomic E-state index is -1.40. The van der Waals surface area contributed by atoms with Gasteiger partial charge in [-0.15, -0.1) is 0 Å². The van der Waals surface area contributed by atoms with Crippen LogP contribution >= 0.6 is 0 Å². The lowest BCUT2D eigenvalue weighted by atomic mass is 10.0. The maximum atomic E-state index is 13.0. The molecule has 2 aromatic rings. The van der Waals surface area contributed by atoms with Crippen LogP contribution in [0.3, 0.4) is 0 Å². The van der Waals surface area contributed by atoms with E-state index in [2.05, 4.69) is 4.98 Å². The van der Waals surface area contributed by atoms with Gasteiger partial charge in [0.15, 0.2) is 17.2 Å². The summed E-state index contributed by atoms with van der Waals surface area (Å²) in [4.78, 5) is 15.2. The van der Waals surface area contributed by atoms with Crippen molar-refractivity contribution in [3.63, 3.8) is 0 Å². The Morgan fingerprint density at radius 2 is 2.20 bits per heavy atom. The minimum Gasteiger partial charge on any atom is -0.490 e. The Labute approximate surface area is 113 Å². The summed E-state index contributed by atoms with van der Waals surface area (Å²) in [5, 5.41) is 9.32. The number of ether oxygens (including phenoxy) is 1. The Morgan fingerprint density at radius 1 is 1.45 bits per heavy atom. The average Bonchev–Trinajstić information content (AvgIpc) is 2.94. The number of aromatic nitrogens is 2. The molecule has 1 unspecified atom stereocenters. The molecule has 0 amide bonds. The molecule has 1 aromatic carbocycles. The molecule has 1 N–H and O–H groups in total. The van der Waals surface area contributed by atoms with Gasteiger partial charge in [0.2, 0.25) is 0 Å². The van der Waals surface area contributed by atoms with Gasteiger partial charge in [-0.1, -0.05) is 0 Å². The fraction of sp³-hybridized carbons (Fsp3) is 0.231. The second-order valence-corrected chi connectivity index (χ2v) is 4.41. The maximum Gasteiger partial charge on any atom is 0.333 e. The lowest BCUT2D eigenvalue weighted by Gasteiger charge is -2.26. The summed E-state index contributed by atoms with van der Waals surface area (Å²) in [7, 11) is 0. The molecule has 1 heterocycles. The van der Waals surface area contributed by atoms with Gasteiger partial charge in [0.25, 0.3) is 0 Å². The summed E-state index contributed by atoms with van der Waals surface area (Å²) in [5.41, 5.74) is -1.40. The average molecular weight is 282 g/mol. The third kappa shape index (κ3) is 2.61. The van der Waals surface area contributed by atoms with Crippen molar-refractivity contribution in [2.45, 2.75) is 12.5 Å². The fourth-order valence-corrected chi connectivity index (χ4v) is 1.59. The van der Waals surface area contributed by atoms with Crippen LogP contribution in [0.1, 0.15) is 6.92 Å². The van der Waals surface area contributed by atoms with E-state index in [1.165, 1.54) is 36.3 Å². The van der Waals surface area contributed by atoms with E-state index in [1.54, 1.807) is 0 Å². The highest BCUT2D eigenvalue weighted by Gasteiger charge is 2.36. The van der Waals surface area contributed by atoms with Crippen LogP contribution in [0, 0.1) is 11.6 Å². The molecular formula is C13H12F2N2O3. The third-order valence-electron chi connectivity index (χ3n) is 2.95. The van der Waals surface area contributed by atoms with E-state index in [-0.39, 0.29) is 12.4 Å². The van der Waals surface area contributed by atoms with E-state index in [9.17, 15) is 18.7 Å². The van der Waals surface area contributed by atoms with Crippen molar-refractivity contribution in [1.29, 1.82) is 0 Å². The summed E-state index contributed by atoms with van der Waals surface area (Å²) in [5.74, 6) is -3.12. The predicted octanol–water partition coefficient (Wildman–Crippen LogP) is 2.04. The van der Waals surface area contributed by atoms with Gasteiger partial charge in [0.05, 0.1) is 6.33 Å². The van der Waals surface area contributed by atoms with Gasteiger partial charge in [-0.2, -0.15) is 0 Å². The minimum absolute atomic E-state index is 0.0523. The van der Waals surface area contributed by atoms with E-state index in [1.807, 2.05) is 0 Å². The van der Waals surface area contributed by atoms with Gasteiger partial charge in [0.1, 0.15) is 12.4 Å². The van der Waals surface area contributed by atoms with Crippen molar-refractivity contribution in [2.24, 2.45) is 0 Å². The van der Waals surface area contributed by atoms with Crippen LogP contribution in [0.25, 0.3) is 0 Å². The van der Waals surface area contributed by atoms with Crippen LogP contribution in [0.5, 0.6) is 5.75 Å². The molecule has 106 valence electrons. The number of aliphatic carboxylic acids is 1. The molecule has 0 radical (unpaired) electrons. The summed E-state index contributed by atoms with van der Waals surface area (Å²) in [6.07, 6.45) is 4.28. The van der Waals surface area contributed by atoms with Crippen molar-refractivity contribution in [2.75, 3.05) is 6.61 Å². The van der Waals surface area contributed by atoms with Gasteiger partial charge in [0, 0.05) is 18.5 Å².